The molecular formula is C15H15F3N2O2. The Hall–Kier alpha value is -1.89. The molecule has 1 aliphatic heterocycles. The van der Waals surface area contributed by atoms with Crippen molar-refractivity contribution in [2.24, 2.45) is 0 Å². The van der Waals surface area contributed by atoms with Gasteiger partial charge in [-0.25, -0.2) is 4.98 Å². The van der Waals surface area contributed by atoms with Gasteiger partial charge in [-0.3, -0.25) is 4.79 Å². The summed E-state index contributed by atoms with van der Waals surface area (Å²) in [5.41, 5.74) is -1.17. The zero-order valence-corrected chi connectivity index (χ0v) is 11.7. The summed E-state index contributed by atoms with van der Waals surface area (Å²) in [6.07, 6.45) is -1.18. The summed E-state index contributed by atoms with van der Waals surface area (Å²) in [6, 6.07) is 2.96. The molecule has 1 aliphatic rings. The summed E-state index contributed by atoms with van der Waals surface area (Å²) >= 11 is 0. The fourth-order valence-electron chi connectivity index (χ4n) is 2.64. The minimum absolute atomic E-state index is 0.0415. The molecule has 1 saturated heterocycles. The fourth-order valence-corrected chi connectivity index (χ4v) is 2.64. The minimum Gasteiger partial charge on any atom is -0.378 e. The lowest BCUT2D eigenvalue weighted by molar-refractivity contribution is -0.137. The number of nitrogens with zero attached hydrogens (tertiary/aromatic N) is 1. The van der Waals surface area contributed by atoms with Crippen LogP contribution >= 0.6 is 0 Å². The van der Waals surface area contributed by atoms with Crippen LogP contribution in [0.15, 0.2) is 23.0 Å². The third kappa shape index (κ3) is 3.14. The average Bonchev–Trinajstić information content (AvgIpc) is 2.47. The average molecular weight is 312 g/mol. The Morgan fingerprint density at radius 2 is 2.14 bits per heavy atom. The van der Waals surface area contributed by atoms with Crippen molar-refractivity contribution in [3.05, 3.63) is 39.9 Å². The van der Waals surface area contributed by atoms with Gasteiger partial charge in [-0.15, -0.1) is 0 Å². The lowest BCUT2D eigenvalue weighted by Crippen LogP contribution is -2.24. The van der Waals surface area contributed by atoms with Gasteiger partial charge < -0.3 is 9.72 Å². The summed E-state index contributed by atoms with van der Waals surface area (Å²) in [5.74, 6) is 0.365. The van der Waals surface area contributed by atoms with Crippen LogP contribution in [-0.2, 0) is 17.3 Å². The van der Waals surface area contributed by atoms with Crippen LogP contribution in [0.3, 0.4) is 0 Å². The third-order valence-corrected chi connectivity index (χ3v) is 3.78. The maximum absolute atomic E-state index is 12.8. The normalized spacial score (nSPS) is 19.5. The number of halogens is 3. The van der Waals surface area contributed by atoms with Gasteiger partial charge in [-0.1, -0.05) is 0 Å². The third-order valence-electron chi connectivity index (χ3n) is 3.78. The van der Waals surface area contributed by atoms with Crippen LogP contribution in [0, 0.1) is 0 Å². The number of benzene rings is 1. The Labute approximate surface area is 124 Å². The van der Waals surface area contributed by atoms with E-state index in [1.54, 1.807) is 0 Å². The Balaban J connectivity index is 1.96. The summed E-state index contributed by atoms with van der Waals surface area (Å²) in [4.78, 5) is 18.8. The van der Waals surface area contributed by atoms with Gasteiger partial charge in [0, 0.05) is 13.0 Å². The summed E-state index contributed by atoms with van der Waals surface area (Å²) in [7, 11) is 0. The Bertz CT molecular complexity index is 734. The van der Waals surface area contributed by atoms with Gasteiger partial charge in [0.1, 0.15) is 5.82 Å². The highest BCUT2D eigenvalue weighted by molar-refractivity contribution is 5.78. The van der Waals surface area contributed by atoms with Gasteiger partial charge in [0.05, 0.1) is 22.6 Å². The molecule has 118 valence electrons. The minimum atomic E-state index is -4.45. The van der Waals surface area contributed by atoms with Crippen LogP contribution in [0.25, 0.3) is 10.9 Å². The Morgan fingerprint density at radius 3 is 2.82 bits per heavy atom. The molecule has 7 heteroatoms. The number of H-pyrrole nitrogens is 1. The molecule has 1 aromatic heterocycles. The van der Waals surface area contributed by atoms with Gasteiger partial charge in [0.2, 0.25) is 0 Å². The van der Waals surface area contributed by atoms with Crippen molar-refractivity contribution in [1.29, 1.82) is 0 Å². The number of rotatable bonds is 2. The number of hydrogen-bond donors (Lipinski definition) is 1. The highest BCUT2D eigenvalue weighted by atomic mass is 19.4. The molecule has 0 radical (unpaired) electrons. The first-order chi connectivity index (χ1) is 10.4. The van der Waals surface area contributed by atoms with Crippen LogP contribution in [0.5, 0.6) is 0 Å². The summed E-state index contributed by atoms with van der Waals surface area (Å²) in [6.45, 7) is 0.667. The quantitative estimate of drug-likeness (QED) is 0.927. The number of hydrogen-bond acceptors (Lipinski definition) is 3. The number of fused-ring (bicyclic) bond motifs is 1. The van der Waals surface area contributed by atoms with E-state index in [1.165, 1.54) is 0 Å². The van der Waals surface area contributed by atoms with Crippen molar-refractivity contribution in [3.8, 4) is 0 Å². The molecule has 0 unspecified atom stereocenters. The second-order valence-corrected chi connectivity index (χ2v) is 5.44. The molecule has 2 heterocycles. The Morgan fingerprint density at radius 1 is 1.32 bits per heavy atom. The van der Waals surface area contributed by atoms with E-state index < -0.39 is 17.3 Å². The van der Waals surface area contributed by atoms with Crippen molar-refractivity contribution in [2.75, 3.05) is 6.61 Å². The molecule has 4 nitrogen and oxygen atoms in total. The van der Waals surface area contributed by atoms with E-state index in [2.05, 4.69) is 9.97 Å². The predicted octanol–water partition coefficient (Wildman–Crippen LogP) is 3.05. The molecule has 1 aromatic carbocycles. The first kappa shape index (κ1) is 15.0. The first-order valence-electron chi connectivity index (χ1n) is 7.15. The van der Waals surface area contributed by atoms with Gasteiger partial charge in [0.15, 0.2) is 0 Å². The van der Waals surface area contributed by atoms with E-state index in [0.717, 1.165) is 37.5 Å². The topological polar surface area (TPSA) is 55.0 Å². The molecule has 0 bridgehead atoms. The molecular weight excluding hydrogens is 297 g/mol. The van der Waals surface area contributed by atoms with Gasteiger partial charge >= 0.3 is 6.18 Å². The lowest BCUT2D eigenvalue weighted by atomic mass is 10.1. The summed E-state index contributed by atoms with van der Waals surface area (Å²) < 4.78 is 43.8. The van der Waals surface area contributed by atoms with Crippen LogP contribution in [0.1, 0.15) is 30.7 Å². The van der Waals surface area contributed by atoms with Gasteiger partial charge in [-0.2, -0.15) is 13.2 Å². The zero-order chi connectivity index (χ0) is 15.7. The lowest BCUT2D eigenvalue weighted by Gasteiger charge is -2.22. The highest BCUT2D eigenvalue weighted by Gasteiger charge is 2.30. The number of aromatic nitrogens is 2. The number of ether oxygens (including phenoxy) is 1. The standard InChI is InChI=1S/C15H15F3N2O2/c16-15(17,18)9-4-5-11-12(7-9)19-13(20-14(11)21)8-10-3-1-2-6-22-10/h4-5,7,10H,1-3,6,8H2,(H,19,20,21)/t10-/m1/s1. The van der Waals surface area contributed by atoms with Gasteiger partial charge in [0.25, 0.3) is 5.56 Å². The SMILES string of the molecule is O=c1[nH]c(C[C@H]2CCCCO2)nc2cc(C(F)(F)F)ccc12. The van der Waals surface area contributed by atoms with Crippen LogP contribution < -0.4 is 5.56 Å². The van der Waals surface area contributed by atoms with Crippen LogP contribution in [-0.4, -0.2) is 22.7 Å². The van der Waals surface area contributed by atoms with Crippen LogP contribution in [0.2, 0.25) is 0 Å². The van der Waals surface area contributed by atoms with Crippen molar-refractivity contribution < 1.29 is 17.9 Å². The predicted molar refractivity (Wildman–Crippen MR) is 74.7 cm³/mol. The number of aromatic amines is 1. The molecule has 1 N–H and O–H groups in total. The Kier molecular flexibility index (Phi) is 3.90. The van der Waals surface area contributed by atoms with Crippen molar-refractivity contribution in [2.45, 2.75) is 38.0 Å². The summed E-state index contributed by atoms with van der Waals surface area (Å²) in [5, 5.41) is 0.154. The molecule has 1 atom stereocenters. The maximum atomic E-state index is 12.8. The van der Waals surface area contributed by atoms with E-state index in [1.807, 2.05) is 0 Å². The molecule has 22 heavy (non-hydrogen) atoms. The van der Waals surface area contributed by atoms with E-state index in [0.29, 0.717) is 18.9 Å². The van der Waals surface area contributed by atoms with E-state index in [-0.39, 0.29) is 17.0 Å². The monoisotopic (exact) mass is 312 g/mol. The number of nitrogens with one attached hydrogen (secondary N) is 1. The fraction of sp³-hybridized carbons (Fsp3) is 0.467. The largest absolute Gasteiger partial charge is 0.416 e. The molecule has 2 aromatic rings. The number of alkyl halides is 3. The van der Waals surface area contributed by atoms with Crippen molar-refractivity contribution >= 4 is 10.9 Å². The second kappa shape index (κ2) is 5.72. The smallest absolute Gasteiger partial charge is 0.378 e. The molecule has 0 amide bonds. The van der Waals surface area contributed by atoms with Crippen molar-refractivity contribution in [1.82, 2.24) is 9.97 Å². The van der Waals surface area contributed by atoms with Crippen molar-refractivity contribution in [3.63, 3.8) is 0 Å². The first-order valence-corrected chi connectivity index (χ1v) is 7.15. The molecule has 0 saturated carbocycles. The molecule has 0 spiro atoms. The molecule has 1 fully saturated rings. The van der Waals surface area contributed by atoms with E-state index in [4.69, 9.17) is 4.74 Å². The van der Waals surface area contributed by atoms with Gasteiger partial charge in [-0.05, 0) is 37.5 Å². The highest BCUT2D eigenvalue weighted by Crippen LogP contribution is 2.30. The van der Waals surface area contributed by atoms with E-state index >= 15 is 0 Å². The maximum Gasteiger partial charge on any atom is 0.416 e. The molecule has 3 rings (SSSR count). The van der Waals surface area contributed by atoms with Crippen LogP contribution in [0.4, 0.5) is 13.2 Å². The molecule has 0 aliphatic carbocycles. The second-order valence-electron chi connectivity index (χ2n) is 5.44. The zero-order valence-electron chi connectivity index (χ0n) is 11.7. The van der Waals surface area contributed by atoms with E-state index in [9.17, 15) is 18.0 Å².